The van der Waals surface area contributed by atoms with Gasteiger partial charge in [0.1, 0.15) is 0 Å². The highest BCUT2D eigenvalue weighted by Gasteiger charge is 2.02. The average Bonchev–Trinajstić information content (AvgIpc) is 1.84. The molecule has 48 valence electrons. The molecule has 0 aromatic heterocycles. The first-order valence-electron chi connectivity index (χ1n) is 2.50. The van der Waals surface area contributed by atoms with Crippen LogP contribution < -0.4 is 5.73 Å². The predicted molar refractivity (Wildman–Crippen MR) is 44.3 cm³/mol. The van der Waals surface area contributed by atoms with E-state index in [0.717, 1.165) is 4.20 Å². The molecule has 0 rings (SSSR count). The highest BCUT2D eigenvalue weighted by Crippen LogP contribution is 2.07. The minimum atomic E-state index is 0.389. The summed E-state index contributed by atoms with van der Waals surface area (Å²) in [6.07, 6.45) is 1.98. The molecule has 1 atom stereocenters. The normalized spacial score (nSPS) is 13.4. The third-order valence-corrected chi connectivity index (χ3v) is 2.66. The average molecular weight is 149 g/mol. The van der Waals surface area contributed by atoms with E-state index >= 15 is 0 Å². The molecule has 0 heterocycles. The van der Waals surface area contributed by atoms with E-state index in [1.807, 2.05) is 13.2 Å². The molecule has 8 heavy (non-hydrogen) atoms. The van der Waals surface area contributed by atoms with Crippen molar-refractivity contribution in [2.45, 2.75) is 6.92 Å². The van der Waals surface area contributed by atoms with Gasteiger partial charge in [0.15, 0.2) is 0 Å². The van der Waals surface area contributed by atoms with Crippen molar-refractivity contribution in [2.24, 2.45) is 11.7 Å². The number of hydrogen-bond acceptors (Lipinski definition) is 3. The van der Waals surface area contributed by atoms with Gasteiger partial charge in [0.05, 0.1) is 4.20 Å². The number of thioether (sulfide) groups is 1. The van der Waals surface area contributed by atoms with Gasteiger partial charge in [-0.1, -0.05) is 19.1 Å². The first-order valence-corrected chi connectivity index (χ1v) is 4.13. The second kappa shape index (κ2) is 4.30. The lowest BCUT2D eigenvalue weighted by atomic mass is 10.2. The van der Waals surface area contributed by atoms with Gasteiger partial charge in [-0.15, -0.1) is 11.8 Å². The molecule has 1 nitrogen and oxygen atoms in total. The summed E-state index contributed by atoms with van der Waals surface area (Å²) in [5.41, 5.74) is 5.35. The van der Waals surface area contributed by atoms with E-state index in [2.05, 4.69) is 0 Å². The van der Waals surface area contributed by atoms with Crippen LogP contribution in [0.25, 0.3) is 0 Å². The summed E-state index contributed by atoms with van der Waals surface area (Å²) < 4.78 is 1.01. The SMILES string of the molecule is CSC(=S)C(C)CN. The van der Waals surface area contributed by atoms with Crippen molar-refractivity contribution >= 4 is 28.2 Å². The van der Waals surface area contributed by atoms with E-state index < -0.39 is 0 Å². The first-order chi connectivity index (χ1) is 3.72. The first kappa shape index (κ1) is 8.40. The molecule has 0 aliphatic carbocycles. The monoisotopic (exact) mass is 149 g/mol. The van der Waals surface area contributed by atoms with Crippen LogP contribution in [-0.2, 0) is 0 Å². The van der Waals surface area contributed by atoms with Crippen molar-refractivity contribution in [3.05, 3.63) is 0 Å². The molecule has 1 unspecified atom stereocenters. The third kappa shape index (κ3) is 2.64. The molecule has 0 bridgehead atoms. The molecule has 0 saturated heterocycles. The summed E-state index contributed by atoms with van der Waals surface area (Å²) in [7, 11) is 0. The number of rotatable bonds is 2. The lowest BCUT2D eigenvalue weighted by molar-refractivity contribution is 0.803. The zero-order valence-corrected chi connectivity index (χ0v) is 6.81. The Kier molecular flexibility index (Phi) is 4.51. The Morgan fingerprint density at radius 1 is 1.88 bits per heavy atom. The summed E-state index contributed by atoms with van der Waals surface area (Å²) in [6, 6.07) is 0. The van der Waals surface area contributed by atoms with Crippen molar-refractivity contribution in [2.75, 3.05) is 12.8 Å². The van der Waals surface area contributed by atoms with Crippen LogP contribution in [-0.4, -0.2) is 17.0 Å². The van der Waals surface area contributed by atoms with Crippen molar-refractivity contribution in [1.29, 1.82) is 0 Å². The fraction of sp³-hybridized carbons (Fsp3) is 0.800. The lowest BCUT2D eigenvalue weighted by Gasteiger charge is -2.05. The maximum Gasteiger partial charge on any atom is 0.0516 e. The largest absolute Gasteiger partial charge is 0.330 e. The van der Waals surface area contributed by atoms with Gasteiger partial charge in [-0.2, -0.15) is 0 Å². The van der Waals surface area contributed by atoms with Crippen LogP contribution in [0.4, 0.5) is 0 Å². The molecule has 0 fully saturated rings. The van der Waals surface area contributed by atoms with Gasteiger partial charge in [-0.05, 0) is 6.26 Å². The Balaban J connectivity index is 3.46. The van der Waals surface area contributed by atoms with Crippen molar-refractivity contribution < 1.29 is 0 Å². The summed E-state index contributed by atoms with van der Waals surface area (Å²) in [5.74, 6) is 0.389. The number of nitrogens with two attached hydrogens (primary N) is 1. The van der Waals surface area contributed by atoms with Crippen LogP contribution >= 0.6 is 24.0 Å². The Labute approximate surface area is 60.0 Å². The van der Waals surface area contributed by atoms with Gasteiger partial charge >= 0.3 is 0 Å². The van der Waals surface area contributed by atoms with Gasteiger partial charge in [-0.3, -0.25) is 0 Å². The minimum Gasteiger partial charge on any atom is -0.330 e. The number of hydrogen-bond donors (Lipinski definition) is 1. The maximum atomic E-state index is 5.35. The van der Waals surface area contributed by atoms with E-state index in [1.54, 1.807) is 11.8 Å². The fourth-order valence-electron chi connectivity index (χ4n) is 0.297. The van der Waals surface area contributed by atoms with E-state index in [0.29, 0.717) is 12.5 Å². The smallest absolute Gasteiger partial charge is 0.0516 e. The maximum absolute atomic E-state index is 5.35. The molecule has 3 heteroatoms. The fourth-order valence-corrected chi connectivity index (χ4v) is 0.892. The van der Waals surface area contributed by atoms with Crippen LogP contribution in [0.5, 0.6) is 0 Å². The molecule has 0 aromatic rings. The summed E-state index contributed by atoms with van der Waals surface area (Å²) in [5, 5.41) is 0. The van der Waals surface area contributed by atoms with Crippen LogP contribution in [0.15, 0.2) is 0 Å². The Morgan fingerprint density at radius 3 is 2.50 bits per heavy atom. The van der Waals surface area contributed by atoms with Gasteiger partial charge in [-0.25, -0.2) is 0 Å². The lowest BCUT2D eigenvalue weighted by Crippen LogP contribution is -2.16. The second-order valence-electron chi connectivity index (χ2n) is 1.66. The second-order valence-corrected chi connectivity index (χ2v) is 3.21. The molecule has 2 N–H and O–H groups in total. The van der Waals surface area contributed by atoms with E-state index in [9.17, 15) is 0 Å². The Bertz CT molecular complexity index is 82.5. The highest BCUT2D eigenvalue weighted by atomic mass is 32.2. The number of thiocarbonyl (C=S) groups is 1. The van der Waals surface area contributed by atoms with Crippen molar-refractivity contribution in [3.8, 4) is 0 Å². The molecular weight excluding hydrogens is 138 g/mol. The Hall–Kier alpha value is 0.400. The molecule has 0 aliphatic rings. The van der Waals surface area contributed by atoms with Gasteiger partial charge < -0.3 is 5.73 Å². The van der Waals surface area contributed by atoms with Crippen LogP contribution in [0.3, 0.4) is 0 Å². The van der Waals surface area contributed by atoms with Crippen LogP contribution in [0.1, 0.15) is 6.92 Å². The predicted octanol–water partition coefficient (Wildman–Crippen LogP) is 1.27. The summed E-state index contributed by atoms with van der Waals surface area (Å²) in [6.45, 7) is 2.71. The summed E-state index contributed by atoms with van der Waals surface area (Å²) in [4.78, 5) is 0. The molecule has 0 amide bonds. The molecule has 0 aliphatic heterocycles. The third-order valence-electron chi connectivity index (χ3n) is 0.957. The zero-order valence-electron chi connectivity index (χ0n) is 5.18. The topological polar surface area (TPSA) is 26.0 Å². The van der Waals surface area contributed by atoms with Gasteiger partial charge in [0.2, 0.25) is 0 Å². The highest BCUT2D eigenvalue weighted by molar-refractivity contribution is 8.22. The summed E-state index contributed by atoms with van der Waals surface area (Å²) >= 11 is 6.57. The van der Waals surface area contributed by atoms with E-state index in [4.69, 9.17) is 18.0 Å². The van der Waals surface area contributed by atoms with Crippen LogP contribution in [0, 0.1) is 5.92 Å². The van der Waals surface area contributed by atoms with Gasteiger partial charge in [0.25, 0.3) is 0 Å². The molecule has 0 aromatic carbocycles. The molecule has 0 spiro atoms. The quantitative estimate of drug-likeness (QED) is 0.599. The molecule has 0 radical (unpaired) electrons. The van der Waals surface area contributed by atoms with Crippen molar-refractivity contribution in [3.63, 3.8) is 0 Å². The van der Waals surface area contributed by atoms with Crippen LogP contribution in [0.2, 0.25) is 0 Å². The molecule has 0 saturated carbocycles. The van der Waals surface area contributed by atoms with Gasteiger partial charge in [0, 0.05) is 12.5 Å². The standard InChI is InChI=1S/C5H11NS2/c1-4(3-6)5(7)8-2/h4H,3,6H2,1-2H3. The van der Waals surface area contributed by atoms with E-state index in [-0.39, 0.29) is 0 Å². The molecular formula is C5H11NS2. The van der Waals surface area contributed by atoms with E-state index in [1.165, 1.54) is 0 Å². The Morgan fingerprint density at radius 2 is 2.38 bits per heavy atom. The zero-order chi connectivity index (χ0) is 6.57. The minimum absolute atomic E-state index is 0.389. The van der Waals surface area contributed by atoms with Crippen molar-refractivity contribution in [1.82, 2.24) is 0 Å².